The van der Waals surface area contributed by atoms with Crippen molar-refractivity contribution in [1.29, 1.82) is 0 Å². The molecule has 1 N–H and O–H groups in total. The summed E-state index contributed by atoms with van der Waals surface area (Å²) in [4.78, 5) is 4.35. The Morgan fingerprint density at radius 1 is 1.57 bits per heavy atom. The number of aromatic nitrogens is 1. The molecule has 0 amide bonds. The first-order chi connectivity index (χ1) is 6.56. The lowest BCUT2D eigenvalue weighted by Gasteiger charge is -2.16. The number of pyridine rings is 1. The van der Waals surface area contributed by atoms with Crippen molar-refractivity contribution in [2.45, 2.75) is 13.0 Å². The highest BCUT2D eigenvalue weighted by atomic mass is 79.9. The van der Waals surface area contributed by atoms with Gasteiger partial charge in [0.2, 0.25) is 0 Å². The zero-order valence-electron chi connectivity index (χ0n) is 8.14. The van der Waals surface area contributed by atoms with Crippen LogP contribution >= 0.6 is 31.9 Å². The van der Waals surface area contributed by atoms with E-state index in [1.807, 2.05) is 20.0 Å². The summed E-state index contributed by atoms with van der Waals surface area (Å²) in [5.41, 5.74) is 2.01. The molecule has 14 heavy (non-hydrogen) atoms. The second-order valence-corrected chi connectivity index (χ2v) is 4.86. The second-order valence-electron chi connectivity index (χ2n) is 3.09. The quantitative estimate of drug-likeness (QED) is 0.863. The van der Waals surface area contributed by atoms with E-state index >= 15 is 0 Å². The van der Waals surface area contributed by atoms with E-state index in [4.69, 9.17) is 0 Å². The maximum absolute atomic E-state index is 4.35. The van der Waals surface area contributed by atoms with Crippen LogP contribution < -0.4 is 5.32 Å². The van der Waals surface area contributed by atoms with Crippen molar-refractivity contribution >= 4 is 31.9 Å². The van der Waals surface area contributed by atoms with Crippen molar-refractivity contribution in [2.24, 2.45) is 0 Å². The molecule has 1 unspecified atom stereocenters. The summed E-state index contributed by atoms with van der Waals surface area (Å²) in [6.07, 6.45) is 1.79. The predicted octanol–water partition coefficient (Wildman–Crippen LogP) is 3.44. The highest BCUT2D eigenvalue weighted by molar-refractivity contribution is 9.11. The summed E-state index contributed by atoms with van der Waals surface area (Å²) >= 11 is 6.85. The molecule has 1 atom stereocenters. The smallest absolute Gasteiger partial charge is 0.0757 e. The van der Waals surface area contributed by atoms with Crippen molar-refractivity contribution in [3.63, 3.8) is 0 Å². The van der Waals surface area contributed by atoms with Crippen LogP contribution in [0.15, 0.2) is 33.4 Å². The number of hydrogen-bond acceptors (Lipinski definition) is 2. The van der Waals surface area contributed by atoms with Crippen molar-refractivity contribution in [1.82, 2.24) is 10.3 Å². The summed E-state index contributed by atoms with van der Waals surface area (Å²) in [5, 5.41) is 3.17. The van der Waals surface area contributed by atoms with E-state index < -0.39 is 0 Å². The molecule has 1 heterocycles. The third kappa shape index (κ3) is 2.65. The molecule has 0 radical (unpaired) electrons. The standard InChI is InChI=1S/C10H12Br2N2/c1-6(2)9(13-3)10-8(12)4-7(11)5-14-10/h4-5,9,13H,1H2,2-3H3. The van der Waals surface area contributed by atoms with Gasteiger partial charge in [0.05, 0.1) is 11.7 Å². The average molecular weight is 320 g/mol. The molecule has 0 spiro atoms. The van der Waals surface area contributed by atoms with Crippen molar-refractivity contribution in [3.8, 4) is 0 Å². The van der Waals surface area contributed by atoms with Gasteiger partial charge < -0.3 is 5.32 Å². The van der Waals surface area contributed by atoms with Crippen LogP contribution in [0.25, 0.3) is 0 Å². The molecule has 2 nitrogen and oxygen atoms in total. The second kappa shape index (κ2) is 5.05. The molecule has 0 aliphatic rings. The summed E-state index contributed by atoms with van der Waals surface area (Å²) < 4.78 is 1.94. The zero-order chi connectivity index (χ0) is 10.7. The SMILES string of the molecule is C=C(C)C(NC)c1ncc(Br)cc1Br. The van der Waals surface area contributed by atoms with Gasteiger partial charge in [0.25, 0.3) is 0 Å². The normalized spacial score (nSPS) is 12.6. The molecular formula is C10H12Br2N2. The van der Waals surface area contributed by atoms with Crippen molar-refractivity contribution in [2.75, 3.05) is 7.05 Å². The van der Waals surface area contributed by atoms with Crippen LogP contribution in [0.4, 0.5) is 0 Å². The third-order valence-electron chi connectivity index (χ3n) is 1.89. The van der Waals surface area contributed by atoms with Gasteiger partial charge in [0, 0.05) is 15.1 Å². The molecule has 0 fully saturated rings. The largest absolute Gasteiger partial charge is 0.308 e. The minimum Gasteiger partial charge on any atom is -0.308 e. The average Bonchev–Trinajstić information content (AvgIpc) is 2.09. The summed E-state index contributed by atoms with van der Waals surface area (Å²) in [6.45, 7) is 5.91. The van der Waals surface area contributed by atoms with Crippen molar-refractivity contribution in [3.05, 3.63) is 39.1 Å². The molecular weight excluding hydrogens is 308 g/mol. The highest BCUT2D eigenvalue weighted by Crippen LogP contribution is 2.27. The van der Waals surface area contributed by atoms with Gasteiger partial charge in [-0.25, -0.2) is 0 Å². The Hall–Kier alpha value is -0.190. The molecule has 0 saturated carbocycles. The molecule has 0 aromatic carbocycles. The highest BCUT2D eigenvalue weighted by Gasteiger charge is 2.14. The predicted molar refractivity (Wildman–Crippen MR) is 66.3 cm³/mol. The fourth-order valence-electron chi connectivity index (χ4n) is 1.25. The van der Waals surface area contributed by atoms with Crippen LogP contribution in [-0.4, -0.2) is 12.0 Å². The molecule has 0 bridgehead atoms. The van der Waals surface area contributed by atoms with Gasteiger partial charge >= 0.3 is 0 Å². The van der Waals surface area contributed by atoms with E-state index in [2.05, 4.69) is 48.7 Å². The van der Waals surface area contributed by atoms with Gasteiger partial charge in [0.1, 0.15) is 0 Å². The van der Waals surface area contributed by atoms with E-state index in [1.54, 1.807) is 6.20 Å². The van der Waals surface area contributed by atoms with Crippen LogP contribution in [-0.2, 0) is 0 Å². The molecule has 0 aliphatic heterocycles. The Labute approximate surface area is 101 Å². The maximum atomic E-state index is 4.35. The van der Waals surface area contributed by atoms with Gasteiger partial charge in [0.15, 0.2) is 0 Å². The number of rotatable bonds is 3. The molecule has 1 aromatic rings. The third-order valence-corrected chi connectivity index (χ3v) is 2.96. The van der Waals surface area contributed by atoms with Crippen LogP contribution in [0.5, 0.6) is 0 Å². The molecule has 4 heteroatoms. The number of halogens is 2. The monoisotopic (exact) mass is 318 g/mol. The number of likely N-dealkylation sites (N-methyl/N-ethyl adjacent to an activating group) is 1. The Bertz CT molecular complexity index is 350. The number of nitrogens with one attached hydrogen (secondary N) is 1. The van der Waals surface area contributed by atoms with E-state index in [-0.39, 0.29) is 6.04 Å². The summed E-state index contributed by atoms with van der Waals surface area (Å²) in [5.74, 6) is 0. The Balaban J connectivity index is 3.10. The topological polar surface area (TPSA) is 24.9 Å². The van der Waals surface area contributed by atoms with Crippen LogP contribution in [0, 0.1) is 0 Å². The molecule has 1 rings (SSSR count). The van der Waals surface area contributed by atoms with Gasteiger partial charge in [-0.1, -0.05) is 12.2 Å². The van der Waals surface area contributed by atoms with Crippen LogP contribution in [0.1, 0.15) is 18.7 Å². The maximum Gasteiger partial charge on any atom is 0.0757 e. The Kier molecular flexibility index (Phi) is 4.29. The fraction of sp³-hybridized carbons (Fsp3) is 0.300. The van der Waals surface area contributed by atoms with E-state index in [9.17, 15) is 0 Å². The fourth-order valence-corrected chi connectivity index (χ4v) is 2.47. The lowest BCUT2D eigenvalue weighted by molar-refractivity contribution is 0.656. The Morgan fingerprint density at radius 2 is 2.21 bits per heavy atom. The number of hydrogen-bond donors (Lipinski definition) is 1. The molecule has 76 valence electrons. The Morgan fingerprint density at radius 3 is 2.64 bits per heavy atom. The van der Waals surface area contributed by atoms with Crippen molar-refractivity contribution < 1.29 is 0 Å². The van der Waals surface area contributed by atoms with Crippen LogP contribution in [0.3, 0.4) is 0 Å². The molecule has 0 aliphatic carbocycles. The van der Waals surface area contributed by atoms with Gasteiger partial charge in [-0.15, -0.1) is 0 Å². The summed E-state index contributed by atoms with van der Waals surface area (Å²) in [6, 6.07) is 2.08. The molecule has 0 saturated heterocycles. The van der Waals surface area contributed by atoms with Gasteiger partial charge in [-0.2, -0.15) is 0 Å². The zero-order valence-corrected chi connectivity index (χ0v) is 11.3. The van der Waals surface area contributed by atoms with E-state index in [0.29, 0.717) is 0 Å². The lowest BCUT2D eigenvalue weighted by atomic mass is 10.1. The first-order valence-electron chi connectivity index (χ1n) is 4.20. The van der Waals surface area contributed by atoms with E-state index in [1.165, 1.54) is 0 Å². The molecule has 1 aromatic heterocycles. The summed E-state index contributed by atoms with van der Waals surface area (Å²) in [7, 11) is 1.90. The van der Waals surface area contributed by atoms with Gasteiger partial charge in [-0.05, 0) is 51.9 Å². The number of nitrogens with zero attached hydrogens (tertiary/aromatic N) is 1. The first kappa shape index (κ1) is 11.9. The first-order valence-corrected chi connectivity index (χ1v) is 5.78. The minimum atomic E-state index is 0.0949. The lowest BCUT2D eigenvalue weighted by Crippen LogP contribution is -2.18. The van der Waals surface area contributed by atoms with Crippen LogP contribution in [0.2, 0.25) is 0 Å². The minimum absolute atomic E-state index is 0.0949. The van der Waals surface area contributed by atoms with Gasteiger partial charge in [-0.3, -0.25) is 4.98 Å². The van der Waals surface area contributed by atoms with E-state index in [0.717, 1.165) is 20.2 Å².